The first-order valence-corrected chi connectivity index (χ1v) is 8.71. The zero-order valence-corrected chi connectivity index (χ0v) is 15.3. The van der Waals surface area contributed by atoms with Crippen molar-refractivity contribution in [3.63, 3.8) is 0 Å². The average molecular weight is 373 g/mol. The Bertz CT molecular complexity index is 626. The fraction of sp³-hybridized carbons (Fsp3) is 0.500. The maximum atomic E-state index is 12.6. The van der Waals surface area contributed by atoms with E-state index in [0.29, 0.717) is 35.2 Å². The molecule has 3 amide bonds. The molecule has 6 nitrogen and oxygen atoms in total. The Kier molecular flexibility index (Phi) is 6.32. The van der Waals surface area contributed by atoms with E-state index in [1.54, 1.807) is 18.2 Å². The predicted octanol–water partition coefficient (Wildman–Crippen LogP) is 3.35. The van der Waals surface area contributed by atoms with E-state index < -0.39 is 12.1 Å². The molecule has 132 valence electrons. The van der Waals surface area contributed by atoms with Crippen LogP contribution in [0.15, 0.2) is 18.2 Å². The number of amides is 3. The van der Waals surface area contributed by atoms with E-state index in [4.69, 9.17) is 28.9 Å². The second-order valence-electron chi connectivity index (χ2n) is 5.91. The quantitative estimate of drug-likeness (QED) is 0.850. The van der Waals surface area contributed by atoms with Crippen molar-refractivity contribution in [3.8, 4) is 0 Å². The van der Waals surface area contributed by atoms with Gasteiger partial charge in [-0.3, -0.25) is 4.79 Å². The molecule has 8 heteroatoms. The first-order valence-electron chi connectivity index (χ1n) is 7.95. The summed E-state index contributed by atoms with van der Waals surface area (Å²) in [4.78, 5) is 25.0. The summed E-state index contributed by atoms with van der Waals surface area (Å²) in [6, 6.07) is 3.81. The fourth-order valence-corrected chi connectivity index (χ4v) is 2.78. The summed E-state index contributed by atoms with van der Waals surface area (Å²) in [7, 11) is 0. The van der Waals surface area contributed by atoms with E-state index in [1.165, 1.54) is 10.0 Å². The zero-order chi connectivity index (χ0) is 17.9. The largest absolute Gasteiger partial charge is 0.340 e. The number of urea groups is 1. The number of halogens is 2. The van der Waals surface area contributed by atoms with E-state index in [2.05, 4.69) is 5.32 Å². The van der Waals surface area contributed by atoms with Crippen LogP contribution in [0.5, 0.6) is 0 Å². The summed E-state index contributed by atoms with van der Waals surface area (Å²) in [6.45, 7) is 4.86. The molecule has 1 fully saturated rings. The topological polar surface area (TPSA) is 78.7 Å². The van der Waals surface area contributed by atoms with Gasteiger partial charge in [0.1, 0.15) is 0 Å². The number of hydrogen-bond acceptors (Lipinski definition) is 3. The highest BCUT2D eigenvalue weighted by molar-refractivity contribution is 6.42. The Hall–Kier alpha value is -1.50. The first kappa shape index (κ1) is 18.8. The van der Waals surface area contributed by atoms with E-state index in [-0.39, 0.29) is 11.8 Å². The molecule has 1 heterocycles. The number of nitrogens with two attached hydrogens (primary N) is 1. The number of nitrogens with one attached hydrogen (secondary N) is 1. The molecule has 1 aromatic rings. The number of anilines is 1. The molecule has 1 unspecified atom stereocenters. The summed E-state index contributed by atoms with van der Waals surface area (Å²) in [5.41, 5.74) is 6.53. The third-order valence-electron chi connectivity index (χ3n) is 4.23. The minimum Gasteiger partial charge on any atom is -0.320 e. The van der Waals surface area contributed by atoms with Gasteiger partial charge in [0.05, 0.1) is 16.1 Å². The van der Waals surface area contributed by atoms with Crippen molar-refractivity contribution in [2.24, 2.45) is 11.7 Å². The minimum atomic E-state index is -0.617. The monoisotopic (exact) mass is 372 g/mol. The van der Waals surface area contributed by atoms with Crippen molar-refractivity contribution >= 4 is 40.8 Å². The van der Waals surface area contributed by atoms with Crippen molar-refractivity contribution in [2.75, 3.05) is 18.4 Å². The number of hydrogen-bond donors (Lipinski definition) is 2. The molecular weight excluding hydrogens is 351 g/mol. The number of rotatable bonds is 4. The molecule has 1 aromatic carbocycles. The van der Waals surface area contributed by atoms with Gasteiger partial charge < -0.3 is 11.1 Å². The highest BCUT2D eigenvalue weighted by atomic mass is 35.5. The van der Waals surface area contributed by atoms with Crippen LogP contribution in [0.4, 0.5) is 10.5 Å². The summed E-state index contributed by atoms with van der Waals surface area (Å²) in [6.07, 6.45) is 1.52. The van der Waals surface area contributed by atoms with Gasteiger partial charge in [0.2, 0.25) is 0 Å². The van der Waals surface area contributed by atoms with Crippen LogP contribution in [0, 0.1) is 5.92 Å². The highest BCUT2D eigenvalue weighted by Gasteiger charge is 2.34. The van der Waals surface area contributed by atoms with Gasteiger partial charge in [-0.05, 0) is 30.5 Å². The molecule has 0 radical (unpaired) electrons. The lowest BCUT2D eigenvalue weighted by atomic mass is 9.99. The summed E-state index contributed by atoms with van der Waals surface area (Å²) in [5, 5.41) is 6.32. The molecule has 0 aliphatic carbocycles. The van der Waals surface area contributed by atoms with Gasteiger partial charge in [-0.1, -0.05) is 43.5 Å². The zero-order valence-electron chi connectivity index (χ0n) is 13.8. The van der Waals surface area contributed by atoms with E-state index in [1.807, 2.05) is 13.8 Å². The Morgan fingerprint density at radius 1 is 1.25 bits per heavy atom. The number of nitrogens with zero attached hydrogens (tertiary/aromatic N) is 2. The molecule has 0 saturated carbocycles. The lowest BCUT2D eigenvalue weighted by Crippen LogP contribution is -2.53. The van der Waals surface area contributed by atoms with Crippen LogP contribution in [0.3, 0.4) is 0 Å². The van der Waals surface area contributed by atoms with Crippen molar-refractivity contribution < 1.29 is 9.59 Å². The second-order valence-corrected chi connectivity index (χ2v) is 6.72. The van der Waals surface area contributed by atoms with Crippen molar-refractivity contribution in [3.05, 3.63) is 28.2 Å². The van der Waals surface area contributed by atoms with Gasteiger partial charge in [0.25, 0.3) is 5.91 Å². The standard InChI is InChI=1S/C16H22Cl2N4O2/c1-3-10(2)14(19)15(23)21-7-4-8-22(21)16(24)20-11-5-6-12(17)13(18)9-11/h5-6,9-10,14H,3-4,7-8,19H2,1-2H3,(H,20,24)/t10?,14-/m0/s1. The number of carbonyl (C=O) groups excluding carboxylic acids is 2. The molecule has 2 atom stereocenters. The van der Waals surface area contributed by atoms with Gasteiger partial charge in [0.15, 0.2) is 0 Å². The van der Waals surface area contributed by atoms with Crippen LogP contribution >= 0.6 is 23.2 Å². The lowest BCUT2D eigenvalue weighted by Gasteiger charge is -2.31. The van der Waals surface area contributed by atoms with E-state index in [9.17, 15) is 9.59 Å². The van der Waals surface area contributed by atoms with Crippen LogP contribution in [0.25, 0.3) is 0 Å². The molecule has 24 heavy (non-hydrogen) atoms. The Morgan fingerprint density at radius 2 is 1.92 bits per heavy atom. The second kappa shape index (κ2) is 8.05. The number of hydrazine groups is 1. The van der Waals surface area contributed by atoms with Crippen LogP contribution < -0.4 is 11.1 Å². The van der Waals surface area contributed by atoms with Gasteiger partial charge >= 0.3 is 6.03 Å². The third kappa shape index (κ3) is 4.12. The highest BCUT2D eigenvalue weighted by Crippen LogP contribution is 2.25. The molecular formula is C16H22Cl2N4O2. The Morgan fingerprint density at radius 3 is 2.54 bits per heavy atom. The number of carbonyl (C=O) groups is 2. The summed E-state index contributed by atoms with van der Waals surface area (Å²) >= 11 is 11.8. The van der Waals surface area contributed by atoms with Crippen LogP contribution in [-0.4, -0.2) is 41.1 Å². The maximum Gasteiger partial charge on any atom is 0.340 e. The maximum absolute atomic E-state index is 12.6. The minimum absolute atomic E-state index is 0.0538. The van der Waals surface area contributed by atoms with E-state index in [0.717, 1.165) is 6.42 Å². The molecule has 1 aliphatic rings. The Labute approximate surface area is 151 Å². The van der Waals surface area contributed by atoms with E-state index >= 15 is 0 Å². The van der Waals surface area contributed by atoms with Crippen LogP contribution in [0.2, 0.25) is 10.0 Å². The SMILES string of the molecule is CCC(C)[C@H](N)C(=O)N1CCCN1C(=O)Nc1ccc(Cl)c(Cl)c1. The normalized spacial score (nSPS) is 16.9. The first-order chi connectivity index (χ1) is 11.3. The molecule has 1 saturated heterocycles. The van der Waals surface area contributed by atoms with Crippen LogP contribution in [0.1, 0.15) is 26.7 Å². The molecule has 2 rings (SSSR count). The molecule has 0 aromatic heterocycles. The van der Waals surface area contributed by atoms with Gasteiger partial charge in [-0.15, -0.1) is 0 Å². The van der Waals surface area contributed by atoms with Gasteiger partial charge in [-0.2, -0.15) is 0 Å². The fourth-order valence-electron chi connectivity index (χ4n) is 2.48. The summed E-state index contributed by atoms with van der Waals surface area (Å²) in [5.74, 6) is -0.177. The molecule has 1 aliphatic heterocycles. The molecule has 0 bridgehead atoms. The van der Waals surface area contributed by atoms with Gasteiger partial charge in [0, 0.05) is 18.8 Å². The molecule has 3 N–H and O–H groups in total. The van der Waals surface area contributed by atoms with Crippen molar-refractivity contribution in [1.82, 2.24) is 10.0 Å². The third-order valence-corrected chi connectivity index (χ3v) is 4.97. The Balaban J connectivity index is 2.07. The predicted molar refractivity (Wildman–Crippen MR) is 95.9 cm³/mol. The van der Waals surface area contributed by atoms with Crippen molar-refractivity contribution in [2.45, 2.75) is 32.7 Å². The van der Waals surface area contributed by atoms with Crippen LogP contribution in [-0.2, 0) is 4.79 Å². The van der Waals surface area contributed by atoms with Gasteiger partial charge in [-0.25, -0.2) is 14.8 Å². The van der Waals surface area contributed by atoms with Crippen molar-refractivity contribution in [1.29, 1.82) is 0 Å². The molecule has 0 spiro atoms. The average Bonchev–Trinajstić information content (AvgIpc) is 3.05. The lowest BCUT2D eigenvalue weighted by molar-refractivity contribution is -0.142. The smallest absolute Gasteiger partial charge is 0.320 e. The number of benzene rings is 1. The summed E-state index contributed by atoms with van der Waals surface area (Å²) < 4.78 is 0.